The Labute approximate surface area is 210 Å². The second kappa shape index (κ2) is 14.8. The maximum Gasteiger partial charge on any atom is 0.193 e. The number of hydrogen-bond donors (Lipinski definition) is 1. The zero-order valence-electron chi connectivity index (χ0n) is 20.0. The van der Waals surface area contributed by atoms with Crippen molar-refractivity contribution in [3.05, 3.63) is 23.8 Å². The Bertz CT molecular complexity index is 698. The van der Waals surface area contributed by atoms with E-state index in [2.05, 4.69) is 34.2 Å². The second-order valence-electron chi connectivity index (χ2n) is 8.27. The highest BCUT2D eigenvalue weighted by Crippen LogP contribution is 2.28. The minimum Gasteiger partial charge on any atom is -0.493 e. The zero-order chi connectivity index (χ0) is 21.9. The lowest BCUT2D eigenvalue weighted by Gasteiger charge is -2.29. The number of methoxy groups -OCH3 is 1. The molecule has 3 rings (SSSR count). The molecular formula is C24H41IN4O3. The van der Waals surface area contributed by atoms with Gasteiger partial charge in [-0.25, -0.2) is 0 Å². The Hall–Kier alpha value is -1.26. The smallest absolute Gasteiger partial charge is 0.193 e. The van der Waals surface area contributed by atoms with Crippen LogP contribution in [0, 0.1) is 5.92 Å². The molecule has 0 spiro atoms. The predicted molar refractivity (Wildman–Crippen MR) is 141 cm³/mol. The van der Waals surface area contributed by atoms with E-state index in [-0.39, 0.29) is 24.0 Å². The van der Waals surface area contributed by atoms with E-state index in [0.29, 0.717) is 6.61 Å². The fourth-order valence-electron chi connectivity index (χ4n) is 4.36. The summed E-state index contributed by atoms with van der Waals surface area (Å²) in [6, 6.07) is 6.20. The van der Waals surface area contributed by atoms with E-state index < -0.39 is 0 Å². The van der Waals surface area contributed by atoms with Crippen molar-refractivity contribution >= 4 is 29.9 Å². The van der Waals surface area contributed by atoms with Gasteiger partial charge < -0.3 is 24.4 Å². The van der Waals surface area contributed by atoms with E-state index in [4.69, 9.17) is 19.2 Å². The van der Waals surface area contributed by atoms with Gasteiger partial charge in [0.1, 0.15) is 0 Å². The summed E-state index contributed by atoms with van der Waals surface area (Å²) in [7, 11) is 1.68. The van der Waals surface area contributed by atoms with Crippen LogP contribution in [0.5, 0.6) is 11.5 Å². The van der Waals surface area contributed by atoms with Gasteiger partial charge in [-0.2, -0.15) is 0 Å². The number of nitrogens with zero attached hydrogens (tertiary/aromatic N) is 3. The highest BCUT2D eigenvalue weighted by molar-refractivity contribution is 14.0. The Morgan fingerprint density at radius 2 is 2.00 bits per heavy atom. The van der Waals surface area contributed by atoms with E-state index in [0.717, 1.165) is 88.7 Å². The van der Waals surface area contributed by atoms with Gasteiger partial charge in [0, 0.05) is 45.8 Å². The van der Waals surface area contributed by atoms with Gasteiger partial charge in [0.05, 0.1) is 26.9 Å². The summed E-state index contributed by atoms with van der Waals surface area (Å²) in [5.74, 6) is 3.40. The molecule has 32 heavy (non-hydrogen) atoms. The molecule has 7 nitrogen and oxygen atoms in total. The third kappa shape index (κ3) is 8.26. The number of aryl methyl sites for hydroxylation is 1. The van der Waals surface area contributed by atoms with Crippen LogP contribution in [0.4, 0.5) is 0 Å². The largest absolute Gasteiger partial charge is 0.493 e. The van der Waals surface area contributed by atoms with Crippen LogP contribution in [-0.2, 0) is 11.2 Å². The molecular weight excluding hydrogens is 519 g/mol. The van der Waals surface area contributed by atoms with Gasteiger partial charge in [-0.1, -0.05) is 6.07 Å². The van der Waals surface area contributed by atoms with Crippen molar-refractivity contribution in [2.75, 3.05) is 72.7 Å². The van der Waals surface area contributed by atoms with Gasteiger partial charge >= 0.3 is 0 Å². The lowest BCUT2D eigenvalue weighted by molar-refractivity contribution is 0.0315. The number of benzene rings is 1. The maximum atomic E-state index is 5.70. The quantitative estimate of drug-likeness (QED) is 0.205. The summed E-state index contributed by atoms with van der Waals surface area (Å²) in [5, 5.41) is 3.49. The van der Waals surface area contributed by atoms with Crippen LogP contribution in [0.2, 0.25) is 0 Å². The van der Waals surface area contributed by atoms with Crippen LogP contribution in [0.25, 0.3) is 0 Å². The second-order valence-corrected chi connectivity index (χ2v) is 8.27. The molecule has 0 aromatic heterocycles. The van der Waals surface area contributed by atoms with Crippen molar-refractivity contribution in [1.29, 1.82) is 0 Å². The van der Waals surface area contributed by atoms with E-state index in [1.165, 1.54) is 18.5 Å². The Morgan fingerprint density at radius 1 is 1.19 bits per heavy atom. The molecule has 0 radical (unpaired) electrons. The van der Waals surface area contributed by atoms with Crippen LogP contribution in [-0.4, -0.2) is 88.5 Å². The molecule has 8 heteroatoms. The minimum absolute atomic E-state index is 0. The standard InChI is InChI=1S/C24H40N4O3.HI/c1-4-25-24(28-12-10-21(19-28)18-27-13-15-30-16-14-27)26-11-6-7-20-8-9-22(29-3)23(17-20)31-5-2;/h8-9,17,21H,4-7,10-16,18-19H2,1-3H3,(H,25,26);1H. The van der Waals surface area contributed by atoms with E-state index in [1.807, 2.05) is 13.0 Å². The van der Waals surface area contributed by atoms with Gasteiger partial charge in [-0.05, 0) is 56.7 Å². The highest BCUT2D eigenvalue weighted by Gasteiger charge is 2.27. The topological polar surface area (TPSA) is 58.6 Å². The molecule has 1 aromatic carbocycles. The first-order valence-electron chi connectivity index (χ1n) is 11.9. The Balaban J connectivity index is 0.00000363. The summed E-state index contributed by atoms with van der Waals surface area (Å²) in [4.78, 5) is 9.91. The van der Waals surface area contributed by atoms with Crippen LogP contribution < -0.4 is 14.8 Å². The molecule has 0 bridgehead atoms. The lowest BCUT2D eigenvalue weighted by Crippen LogP contribution is -2.42. The molecule has 2 heterocycles. The van der Waals surface area contributed by atoms with Crippen molar-refractivity contribution in [3.8, 4) is 11.5 Å². The molecule has 1 atom stereocenters. The summed E-state index contributed by atoms with van der Waals surface area (Å²) >= 11 is 0. The molecule has 182 valence electrons. The molecule has 2 aliphatic heterocycles. The van der Waals surface area contributed by atoms with Gasteiger partial charge in [0.15, 0.2) is 17.5 Å². The molecule has 0 amide bonds. The van der Waals surface area contributed by atoms with Crippen molar-refractivity contribution in [2.24, 2.45) is 10.9 Å². The summed E-state index contributed by atoms with van der Waals surface area (Å²) in [5.41, 5.74) is 1.26. The predicted octanol–water partition coefficient (Wildman–Crippen LogP) is 3.26. The summed E-state index contributed by atoms with van der Waals surface area (Å²) < 4.78 is 16.6. The number of morpholine rings is 1. The van der Waals surface area contributed by atoms with E-state index in [1.54, 1.807) is 7.11 Å². The Morgan fingerprint density at radius 3 is 2.72 bits per heavy atom. The van der Waals surface area contributed by atoms with Gasteiger partial charge in [0.2, 0.25) is 0 Å². The number of nitrogens with one attached hydrogen (secondary N) is 1. The van der Waals surface area contributed by atoms with Crippen molar-refractivity contribution < 1.29 is 14.2 Å². The van der Waals surface area contributed by atoms with Crippen LogP contribution in [0.1, 0.15) is 32.3 Å². The Kier molecular flexibility index (Phi) is 12.5. The van der Waals surface area contributed by atoms with E-state index >= 15 is 0 Å². The summed E-state index contributed by atoms with van der Waals surface area (Å²) in [6.45, 7) is 13.8. The number of hydrogen-bond acceptors (Lipinski definition) is 5. The lowest BCUT2D eigenvalue weighted by atomic mass is 10.1. The van der Waals surface area contributed by atoms with E-state index in [9.17, 15) is 0 Å². The zero-order valence-corrected chi connectivity index (χ0v) is 22.3. The number of aliphatic imine (C=N–C) groups is 1. The average Bonchev–Trinajstić information content (AvgIpc) is 3.25. The van der Waals surface area contributed by atoms with Crippen molar-refractivity contribution in [3.63, 3.8) is 0 Å². The van der Waals surface area contributed by atoms with Crippen LogP contribution in [0.15, 0.2) is 23.2 Å². The first-order valence-corrected chi connectivity index (χ1v) is 11.9. The number of ether oxygens (including phenoxy) is 3. The molecule has 0 saturated carbocycles. The van der Waals surface area contributed by atoms with Gasteiger partial charge in [-0.3, -0.25) is 9.89 Å². The minimum atomic E-state index is 0. The maximum absolute atomic E-state index is 5.70. The molecule has 1 N–H and O–H groups in total. The fraction of sp³-hybridized carbons (Fsp3) is 0.708. The molecule has 2 saturated heterocycles. The van der Waals surface area contributed by atoms with Gasteiger partial charge in [-0.15, -0.1) is 24.0 Å². The SMILES string of the molecule is CCNC(=NCCCc1ccc(OC)c(OCC)c1)N1CCC(CN2CCOCC2)C1.I. The highest BCUT2D eigenvalue weighted by atomic mass is 127. The van der Waals surface area contributed by atoms with Crippen molar-refractivity contribution in [2.45, 2.75) is 33.1 Å². The molecule has 1 aromatic rings. The number of halogens is 1. The van der Waals surface area contributed by atoms with Crippen LogP contribution in [0.3, 0.4) is 0 Å². The molecule has 0 aliphatic carbocycles. The van der Waals surface area contributed by atoms with Crippen molar-refractivity contribution in [1.82, 2.24) is 15.1 Å². The average molecular weight is 561 g/mol. The third-order valence-electron chi connectivity index (χ3n) is 5.95. The number of rotatable bonds is 10. The van der Waals surface area contributed by atoms with Crippen LogP contribution >= 0.6 is 24.0 Å². The number of likely N-dealkylation sites (tertiary alicyclic amines) is 1. The molecule has 2 fully saturated rings. The first-order chi connectivity index (χ1) is 15.2. The normalized spacial score (nSPS) is 19.5. The molecule has 1 unspecified atom stereocenters. The molecule has 2 aliphatic rings. The van der Waals surface area contributed by atoms with Gasteiger partial charge in [0.25, 0.3) is 0 Å². The summed E-state index contributed by atoms with van der Waals surface area (Å²) in [6.07, 6.45) is 3.23. The number of guanidine groups is 1. The fourth-order valence-corrected chi connectivity index (χ4v) is 4.36. The first kappa shape index (κ1) is 27.0. The third-order valence-corrected chi connectivity index (χ3v) is 5.95. The monoisotopic (exact) mass is 560 g/mol.